The van der Waals surface area contributed by atoms with Gasteiger partial charge in [0.05, 0.1) is 12.8 Å². The lowest BCUT2D eigenvalue weighted by molar-refractivity contribution is 0.415. The van der Waals surface area contributed by atoms with Crippen molar-refractivity contribution >= 4 is 16.7 Å². The van der Waals surface area contributed by atoms with E-state index in [4.69, 9.17) is 14.7 Å². The maximum Gasteiger partial charge on any atom is 0.180 e. The first-order valence-electron chi connectivity index (χ1n) is 10.8. The highest BCUT2D eigenvalue weighted by molar-refractivity contribution is 5.84. The van der Waals surface area contributed by atoms with E-state index in [0.29, 0.717) is 5.82 Å². The average molecular weight is 437 g/mol. The number of H-pyrrole nitrogens is 1. The Morgan fingerprint density at radius 3 is 2.73 bits per heavy atom. The number of nitrogens with zero attached hydrogens (tertiary/aromatic N) is 4. The van der Waals surface area contributed by atoms with Crippen molar-refractivity contribution in [3.63, 3.8) is 0 Å². The van der Waals surface area contributed by atoms with Gasteiger partial charge in [-0.25, -0.2) is 9.97 Å². The smallest absolute Gasteiger partial charge is 0.180 e. The van der Waals surface area contributed by atoms with Gasteiger partial charge in [-0.2, -0.15) is 0 Å². The number of hydrogen-bond acceptors (Lipinski definition) is 6. The Bertz CT molecular complexity index is 1310. The Labute approximate surface area is 191 Å². The summed E-state index contributed by atoms with van der Waals surface area (Å²) in [5.74, 6) is 2.17. The standard InChI is InChI=1S/C26H24N6O/c1-17(12-19-16-29-22-9-8-20(33-2)13-21(19)22)30-25-14-24(18-6-5-10-27-15-18)31-26(32-25)23-7-3-4-11-28-23/h3-11,13-17,29H,12H2,1-2H3,(H,30,31,32). The van der Waals surface area contributed by atoms with Crippen LogP contribution < -0.4 is 10.1 Å². The van der Waals surface area contributed by atoms with Crippen LogP contribution in [0.1, 0.15) is 12.5 Å². The number of methoxy groups -OCH3 is 1. The van der Waals surface area contributed by atoms with Crippen LogP contribution in [0.25, 0.3) is 33.7 Å². The molecule has 33 heavy (non-hydrogen) atoms. The third kappa shape index (κ3) is 4.52. The van der Waals surface area contributed by atoms with Crippen molar-refractivity contribution in [3.8, 4) is 28.5 Å². The van der Waals surface area contributed by atoms with Crippen LogP contribution in [-0.2, 0) is 6.42 Å². The van der Waals surface area contributed by atoms with Crippen molar-refractivity contribution in [3.05, 3.63) is 84.9 Å². The molecule has 0 bridgehead atoms. The van der Waals surface area contributed by atoms with Crippen LogP contribution in [0.4, 0.5) is 5.82 Å². The molecule has 1 aromatic carbocycles. The van der Waals surface area contributed by atoms with Gasteiger partial charge in [-0.05, 0) is 61.4 Å². The Balaban J connectivity index is 1.45. The lowest BCUT2D eigenvalue weighted by Gasteiger charge is -2.16. The summed E-state index contributed by atoms with van der Waals surface area (Å²) in [5, 5.41) is 4.71. The molecule has 5 aromatic rings. The van der Waals surface area contributed by atoms with Crippen molar-refractivity contribution in [2.45, 2.75) is 19.4 Å². The molecule has 0 saturated heterocycles. The molecule has 164 valence electrons. The number of aromatic amines is 1. The first kappa shape index (κ1) is 20.6. The van der Waals surface area contributed by atoms with Gasteiger partial charge >= 0.3 is 0 Å². The first-order chi connectivity index (χ1) is 16.2. The topological polar surface area (TPSA) is 88.6 Å². The molecule has 7 nitrogen and oxygen atoms in total. The van der Waals surface area contributed by atoms with Gasteiger partial charge in [0.1, 0.15) is 17.3 Å². The Kier molecular flexibility index (Phi) is 5.68. The normalized spacial score (nSPS) is 11.9. The number of anilines is 1. The molecule has 5 rings (SSSR count). The molecule has 0 amide bonds. The van der Waals surface area contributed by atoms with Crippen molar-refractivity contribution in [2.75, 3.05) is 12.4 Å². The lowest BCUT2D eigenvalue weighted by atomic mass is 10.1. The van der Waals surface area contributed by atoms with Crippen LogP contribution >= 0.6 is 0 Å². The molecular formula is C26H24N6O. The van der Waals surface area contributed by atoms with E-state index in [-0.39, 0.29) is 6.04 Å². The van der Waals surface area contributed by atoms with Crippen LogP contribution in [0.2, 0.25) is 0 Å². The van der Waals surface area contributed by atoms with Crippen LogP contribution in [0.15, 0.2) is 79.4 Å². The van der Waals surface area contributed by atoms with E-state index in [1.807, 2.05) is 48.5 Å². The van der Waals surface area contributed by atoms with Gasteiger partial charge in [-0.15, -0.1) is 0 Å². The lowest BCUT2D eigenvalue weighted by Crippen LogP contribution is -2.19. The fourth-order valence-corrected chi connectivity index (χ4v) is 3.88. The van der Waals surface area contributed by atoms with E-state index in [0.717, 1.165) is 45.8 Å². The Morgan fingerprint density at radius 2 is 1.94 bits per heavy atom. The molecular weight excluding hydrogens is 412 g/mol. The molecule has 2 N–H and O–H groups in total. The van der Waals surface area contributed by atoms with Gasteiger partial charge < -0.3 is 15.0 Å². The van der Waals surface area contributed by atoms with E-state index < -0.39 is 0 Å². The summed E-state index contributed by atoms with van der Waals surface area (Å²) in [4.78, 5) is 21.5. The van der Waals surface area contributed by atoms with Gasteiger partial charge in [0.25, 0.3) is 0 Å². The molecule has 0 aliphatic carbocycles. The minimum Gasteiger partial charge on any atom is -0.497 e. The van der Waals surface area contributed by atoms with Crippen LogP contribution in [0.3, 0.4) is 0 Å². The summed E-state index contributed by atoms with van der Waals surface area (Å²) in [6.45, 7) is 2.14. The van der Waals surface area contributed by atoms with E-state index >= 15 is 0 Å². The van der Waals surface area contributed by atoms with E-state index in [2.05, 4.69) is 39.5 Å². The fourth-order valence-electron chi connectivity index (χ4n) is 3.88. The zero-order valence-corrected chi connectivity index (χ0v) is 18.5. The SMILES string of the molecule is COc1ccc2[nH]cc(CC(C)Nc3cc(-c4cccnc4)nc(-c4ccccn4)n3)c2c1. The highest BCUT2D eigenvalue weighted by atomic mass is 16.5. The quantitative estimate of drug-likeness (QED) is 0.368. The zero-order chi connectivity index (χ0) is 22.6. The third-order valence-electron chi connectivity index (χ3n) is 5.47. The molecule has 0 radical (unpaired) electrons. The van der Waals surface area contributed by atoms with E-state index in [9.17, 15) is 0 Å². The van der Waals surface area contributed by atoms with Gasteiger partial charge in [0.15, 0.2) is 5.82 Å². The molecule has 4 aromatic heterocycles. The highest BCUT2D eigenvalue weighted by Gasteiger charge is 2.14. The average Bonchev–Trinajstić information content (AvgIpc) is 3.26. The number of pyridine rings is 2. The molecule has 0 aliphatic heterocycles. The second kappa shape index (κ2) is 9.08. The molecule has 1 unspecified atom stereocenters. The number of rotatable bonds is 7. The predicted molar refractivity (Wildman–Crippen MR) is 130 cm³/mol. The van der Waals surface area contributed by atoms with Crippen LogP contribution in [0.5, 0.6) is 5.75 Å². The molecule has 0 aliphatic rings. The number of nitrogens with one attached hydrogen (secondary N) is 2. The van der Waals surface area contributed by atoms with Crippen molar-refractivity contribution in [1.29, 1.82) is 0 Å². The zero-order valence-electron chi connectivity index (χ0n) is 18.5. The van der Waals surface area contributed by atoms with Gasteiger partial charge in [0, 0.05) is 53.4 Å². The fraction of sp³-hybridized carbons (Fsp3) is 0.154. The third-order valence-corrected chi connectivity index (χ3v) is 5.47. The monoisotopic (exact) mass is 436 g/mol. The van der Waals surface area contributed by atoms with Crippen molar-refractivity contribution < 1.29 is 4.74 Å². The van der Waals surface area contributed by atoms with Gasteiger partial charge in [-0.1, -0.05) is 6.07 Å². The summed E-state index contributed by atoms with van der Waals surface area (Å²) in [7, 11) is 1.69. The minimum absolute atomic E-state index is 0.128. The maximum atomic E-state index is 5.40. The van der Waals surface area contributed by atoms with Crippen LogP contribution in [0, 0.1) is 0 Å². The summed E-state index contributed by atoms with van der Waals surface area (Å²) < 4.78 is 5.40. The van der Waals surface area contributed by atoms with Crippen molar-refractivity contribution in [2.24, 2.45) is 0 Å². The molecule has 1 atom stereocenters. The molecule has 7 heteroatoms. The number of benzene rings is 1. The van der Waals surface area contributed by atoms with Crippen molar-refractivity contribution in [1.82, 2.24) is 24.9 Å². The molecule has 0 saturated carbocycles. The van der Waals surface area contributed by atoms with E-state index in [1.54, 1.807) is 25.7 Å². The number of ether oxygens (including phenoxy) is 1. The summed E-state index contributed by atoms with van der Waals surface area (Å²) >= 11 is 0. The summed E-state index contributed by atoms with van der Waals surface area (Å²) in [5.41, 5.74) is 4.76. The Morgan fingerprint density at radius 1 is 1.00 bits per heavy atom. The second-order valence-electron chi connectivity index (χ2n) is 7.89. The summed E-state index contributed by atoms with van der Waals surface area (Å²) in [6, 6.07) is 17.8. The maximum absolute atomic E-state index is 5.40. The van der Waals surface area contributed by atoms with Gasteiger partial charge in [-0.3, -0.25) is 9.97 Å². The number of aromatic nitrogens is 5. The molecule has 4 heterocycles. The molecule has 0 fully saturated rings. The van der Waals surface area contributed by atoms with Gasteiger partial charge in [0.2, 0.25) is 0 Å². The highest BCUT2D eigenvalue weighted by Crippen LogP contribution is 2.26. The van der Waals surface area contributed by atoms with E-state index in [1.165, 1.54) is 5.56 Å². The molecule has 0 spiro atoms. The number of hydrogen-bond donors (Lipinski definition) is 2. The number of fused-ring (bicyclic) bond motifs is 1. The summed E-state index contributed by atoms with van der Waals surface area (Å²) in [6.07, 6.45) is 8.18. The largest absolute Gasteiger partial charge is 0.497 e. The predicted octanol–water partition coefficient (Wildman–Crippen LogP) is 5.13. The minimum atomic E-state index is 0.128. The first-order valence-corrected chi connectivity index (χ1v) is 10.8. The van der Waals surface area contributed by atoms with Crippen LogP contribution in [-0.4, -0.2) is 38.1 Å². The second-order valence-corrected chi connectivity index (χ2v) is 7.89. The Hall–Kier alpha value is -4.26.